The van der Waals surface area contributed by atoms with Crippen molar-refractivity contribution in [2.75, 3.05) is 20.3 Å². The van der Waals surface area contributed by atoms with E-state index in [0.717, 1.165) is 22.5 Å². The normalized spacial score (nSPS) is 25.2. The number of halogens is 2. The molecule has 156 valence electrons. The van der Waals surface area contributed by atoms with E-state index in [0.29, 0.717) is 31.8 Å². The van der Waals surface area contributed by atoms with Crippen LogP contribution in [0.5, 0.6) is 0 Å². The number of hydrogen-bond donors (Lipinski definition) is 0. The van der Waals surface area contributed by atoms with Crippen LogP contribution >= 0.6 is 11.6 Å². The molecule has 4 heterocycles. The minimum Gasteiger partial charge on any atom is -0.342 e. The zero-order valence-electron chi connectivity index (χ0n) is 16.9. The van der Waals surface area contributed by atoms with Crippen molar-refractivity contribution in [2.45, 2.75) is 43.7 Å². The van der Waals surface area contributed by atoms with Gasteiger partial charge < -0.3 is 14.0 Å². The first-order valence-electron chi connectivity index (χ1n) is 10.6. The van der Waals surface area contributed by atoms with E-state index in [4.69, 9.17) is 21.1 Å². The molecule has 0 radical (unpaired) electrons. The molecule has 4 nitrogen and oxygen atoms in total. The molecule has 0 saturated carbocycles. The molecule has 1 aromatic heterocycles. The van der Waals surface area contributed by atoms with Gasteiger partial charge in [0.15, 0.2) is 0 Å². The Kier molecular flexibility index (Phi) is 4.26. The molecular formula is C24H24ClFN2O2. The first-order valence-corrected chi connectivity index (χ1v) is 11.0. The third-order valence-electron chi connectivity index (χ3n) is 7.18. The van der Waals surface area contributed by atoms with Crippen molar-refractivity contribution in [1.82, 2.24) is 9.47 Å². The first kappa shape index (κ1) is 18.8. The van der Waals surface area contributed by atoms with Gasteiger partial charge in [0.1, 0.15) is 5.82 Å². The molecule has 3 aromatic rings. The van der Waals surface area contributed by atoms with Crippen LogP contribution < -0.4 is 0 Å². The Morgan fingerprint density at radius 3 is 2.63 bits per heavy atom. The van der Waals surface area contributed by atoms with Crippen molar-refractivity contribution in [3.05, 3.63) is 70.1 Å². The Morgan fingerprint density at radius 1 is 1.10 bits per heavy atom. The van der Waals surface area contributed by atoms with Crippen LogP contribution in [0.4, 0.5) is 4.39 Å². The lowest BCUT2D eigenvalue weighted by atomic mass is 9.97. The average Bonchev–Trinajstić information content (AvgIpc) is 3.38. The van der Waals surface area contributed by atoms with Gasteiger partial charge in [-0.3, -0.25) is 4.90 Å². The molecule has 2 unspecified atom stereocenters. The molecule has 3 aliphatic heterocycles. The highest BCUT2D eigenvalue weighted by molar-refractivity contribution is 6.31. The Morgan fingerprint density at radius 2 is 1.87 bits per heavy atom. The molecule has 0 N–H and O–H groups in total. The van der Waals surface area contributed by atoms with E-state index in [9.17, 15) is 4.39 Å². The largest absolute Gasteiger partial charge is 0.342 e. The molecule has 6 rings (SSSR count). The molecule has 2 atom stereocenters. The molecule has 0 spiro atoms. The number of ether oxygens (including phenoxy) is 2. The monoisotopic (exact) mass is 426 g/mol. The van der Waals surface area contributed by atoms with E-state index >= 15 is 0 Å². The summed E-state index contributed by atoms with van der Waals surface area (Å²) in [5.74, 6) is -1.17. The highest BCUT2D eigenvalue weighted by atomic mass is 35.5. The topological polar surface area (TPSA) is 26.6 Å². The highest BCUT2D eigenvalue weighted by Crippen LogP contribution is 2.48. The van der Waals surface area contributed by atoms with Gasteiger partial charge in [0.2, 0.25) is 5.79 Å². The Balaban J connectivity index is 1.53. The maximum absolute atomic E-state index is 13.6. The zero-order valence-corrected chi connectivity index (χ0v) is 17.7. The van der Waals surface area contributed by atoms with Gasteiger partial charge in [-0.1, -0.05) is 23.7 Å². The number of aromatic nitrogens is 1. The summed E-state index contributed by atoms with van der Waals surface area (Å²) in [4.78, 5) is 2.52. The second-order valence-corrected chi connectivity index (χ2v) is 9.12. The van der Waals surface area contributed by atoms with Crippen molar-refractivity contribution in [1.29, 1.82) is 0 Å². The van der Waals surface area contributed by atoms with Crippen molar-refractivity contribution in [2.24, 2.45) is 0 Å². The smallest absolute Gasteiger partial charge is 0.213 e. The van der Waals surface area contributed by atoms with Crippen LogP contribution in [0.2, 0.25) is 5.02 Å². The van der Waals surface area contributed by atoms with Gasteiger partial charge in [0.05, 0.1) is 19.8 Å². The molecule has 0 aliphatic carbocycles. The molecule has 2 aromatic carbocycles. The SMILES string of the molecule is CN1C2CCC1c1c(n(CC3(c4ccc(F)cc4)OCCO3)c3ccc(Cl)cc13)C2. The van der Waals surface area contributed by atoms with Gasteiger partial charge in [-0.25, -0.2) is 4.39 Å². The number of nitrogens with zero attached hydrogens (tertiary/aromatic N) is 2. The fourth-order valence-corrected chi connectivity index (χ4v) is 5.90. The standard InChI is InChI=1S/C24H24ClFN2O2/c1-27-18-7-9-21(27)23-19-12-16(25)4-8-20(19)28(22(23)13-18)14-24(29-10-11-30-24)15-2-5-17(26)6-3-15/h2-6,8,12,18,21H,7,9-11,13-14H2,1H3. The molecule has 0 amide bonds. The van der Waals surface area contributed by atoms with Gasteiger partial charge >= 0.3 is 0 Å². The third-order valence-corrected chi connectivity index (χ3v) is 7.42. The van der Waals surface area contributed by atoms with E-state index in [1.54, 1.807) is 12.1 Å². The van der Waals surface area contributed by atoms with Crippen molar-refractivity contribution in [3.63, 3.8) is 0 Å². The van der Waals surface area contributed by atoms with Gasteiger partial charge in [-0.05, 0) is 55.8 Å². The summed E-state index contributed by atoms with van der Waals surface area (Å²) in [5, 5.41) is 1.98. The summed E-state index contributed by atoms with van der Waals surface area (Å²) in [6.07, 6.45) is 3.40. The zero-order chi connectivity index (χ0) is 20.5. The number of benzene rings is 2. The predicted molar refractivity (Wildman–Crippen MR) is 114 cm³/mol. The Bertz CT molecular complexity index is 1120. The van der Waals surface area contributed by atoms with E-state index in [-0.39, 0.29) is 5.82 Å². The van der Waals surface area contributed by atoms with Gasteiger partial charge in [0.25, 0.3) is 0 Å². The lowest BCUT2D eigenvalue weighted by molar-refractivity contribution is -0.175. The van der Waals surface area contributed by atoms with Gasteiger partial charge in [0, 0.05) is 45.7 Å². The molecule has 3 aliphatic rings. The lowest BCUT2D eigenvalue weighted by Gasteiger charge is -2.34. The lowest BCUT2D eigenvalue weighted by Crippen LogP contribution is -2.37. The van der Waals surface area contributed by atoms with Crippen molar-refractivity contribution < 1.29 is 13.9 Å². The van der Waals surface area contributed by atoms with Gasteiger partial charge in [-0.15, -0.1) is 0 Å². The van der Waals surface area contributed by atoms with Crippen LogP contribution in [-0.4, -0.2) is 35.8 Å². The minimum absolute atomic E-state index is 0.259. The number of likely N-dealkylation sites (N-methyl/N-ethyl adjacent to an activating group) is 1. The van der Waals surface area contributed by atoms with Crippen molar-refractivity contribution in [3.8, 4) is 0 Å². The maximum atomic E-state index is 13.6. The Labute approximate surface area is 180 Å². The van der Waals surface area contributed by atoms with Crippen LogP contribution in [0.25, 0.3) is 10.9 Å². The molecule has 30 heavy (non-hydrogen) atoms. The summed E-state index contributed by atoms with van der Waals surface area (Å²) in [6.45, 7) is 1.59. The van der Waals surface area contributed by atoms with Crippen LogP contribution in [0.3, 0.4) is 0 Å². The Hall–Kier alpha value is -1.92. The molecule has 6 heteroatoms. The minimum atomic E-state index is -0.907. The maximum Gasteiger partial charge on any atom is 0.213 e. The van der Waals surface area contributed by atoms with Gasteiger partial charge in [-0.2, -0.15) is 0 Å². The van der Waals surface area contributed by atoms with Crippen LogP contribution in [0.1, 0.15) is 35.7 Å². The molecule has 2 bridgehead atoms. The molecular weight excluding hydrogens is 403 g/mol. The summed E-state index contributed by atoms with van der Waals surface area (Å²) < 4.78 is 28.3. The third kappa shape index (κ3) is 2.69. The average molecular weight is 427 g/mol. The first-order chi connectivity index (χ1) is 14.6. The van der Waals surface area contributed by atoms with E-state index in [1.807, 2.05) is 6.07 Å². The van der Waals surface area contributed by atoms with Crippen LogP contribution in [0.15, 0.2) is 42.5 Å². The summed E-state index contributed by atoms with van der Waals surface area (Å²) >= 11 is 6.41. The molecule has 2 fully saturated rings. The number of rotatable bonds is 3. The summed E-state index contributed by atoms with van der Waals surface area (Å²) in [7, 11) is 2.24. The van der Waals surface area contributed by atoms with Crippen LogP contribution in [0, 0.1) is 5.82 Å². The van der Waals surface area contributed by atoms with E-state index < -0.39 is 5.79 Å². The second-order valence-electron chi connectivity index (χ2n) is 8.68. The number of hydrogen-bond acceptors (Lipinski definition) is 3. The predicted octanol–water partition coefficient (Wildman–Crippen LogP) is 5.03. The second kappa shape index (κ2) is 6.79. The fourth-order valence-electron chi connectivity index (χ4n) is 5.72. The van der Waals surface area contributed by atoms with E-state index in [2.05, 4.69) is 28.6 Å². The quantitative estimate of drug-likeness (QED) is 0.588. The highest BCUT2D eigenvalue weighted by Gasteiger charge is 2.44. The fraction of sp³-hybridized carbons (Fsp3) is 0.417. The van der Waals surface area contributed by atoms with E-state index in [1.165, 1.54) is 41.6 Å². The van der Waals surface area contributed by atoms with Crippen molar-refractivity contribution >= 4 is 22.5 Å². The molecule has 2 saturated heterocycles. The number of fused-ring (bicyclic) bond motifs is 6. The summed E-state index contributed by atoms with van der Waals surface area (Å²) in [5.41, 5.74) is 4.77. The summed E-state index contributed by atoms with van der Waals surface area (Å²) in [6, 6.07) is 13.6. The van der Waals surface area contributed by atoms with Crippen LogP contribution in [-0.2, 0) is 28.2 Å².